The molecule has 0 saturated heterocycles. The number of hydrogen-bond acceptors (Lipinski definition) is 5. The first-order chi connectivity index (χ1) is 10.2. The molecule has 2 aromatic rings. The van der Waals surface area contributed by atoms with Gasteiger partial charge in [0.05, 0.1) is 5.69 Å². The molecule has 0 saturated carbocycles. The summed E-state index contributed by atoms with van der Waals surface area (Å²) in [5.41, 5.74) is 0.361. The fourth-order valence-electron chi connectivity index (χ4n) is 1.87. The minimum atomic E-state index is -0.556. The minimum Gasteiger partial charge on any atom is -0.370 e. The van der Waals surface area contributed by atoms with Gasteiger partial charge in [0.15, 0.2) is 0 Å². The third kappa shape index (κ3) is 3.45. The van der Waals surface area contributed by atoms with Crippen LogP contribution in [0.2, 0.25) is 0 Å². The molecule has 5 nitrogen and oxygen atoms in total. The summed E-state index contributed by atoms with van der Waals surface area (Å²) in [6.45, 7) is 4.67. The summed E-state index contributed by atoms with van der Waals surface area (Å²) in [5.74, 6) is 1.34. The molecule has 2 rings (SSSR count). The second-order valence-corrected chi connectivity index (χ2v) is 4.34. The van der Waals surface area contributed by atoms with E-state index in [4.69, 9.17) is 5.26 Å². The van der Waals surface area contributed by atoms with Gasteiger partial charge in [0, 0.05) is 19.0 Å². The smallest absolute Gasteiger partial charge is 0.143 e. The molecule has 1 heterocycles. The molecule has 0 aliphatic carbocycles. The van der Waals surface area contributed by atoms with E-state index in [1.54, 1.807) is 18.2 Å². The van der Waals surface area contributed by atoms with E-state index >= 15 is 0 Å². The fraction of sp³-hybridized carbons (Fsp3) is 0.267. The first-order valence-corrected chi connectivity index (χ1v) is 6.75. The molecule has 1 aromatic heterocycles. The Morgan fingerprint density at radius 2 is 2.00 bits per heavy atom. The molecule has 6 heteroatoms. The van der Waals surface area contributed by atoms with Crippen molar-refractivity contribution in [3.05, 3.63) is 41.5 Å². The van der Waals surface area contributed by atoms with Gasteiger partial charge in [0.25, 0.3) is 0 Å². The van der Waals surface area contributed by atoms with E-state index < -0.39 is 5.82 Å². The standard InChI is InChI=1S/C15H16FN5/c1-3-13-20-14(18-4-2)8-15(21-13)19-12-7-5-6-11(16)10(12)9-17/h5-8H,3-4H2,1-2H3,(H2,18,19,20,21). The molecule has 2 N–H and O–H groups in total. The van der Waals surface area contributed by atoms with Crippen LogP contribution in [0.3, 0.4) is 0 Å². The van der Waals surface area contributed by atoms with Crippen molar-refractivity contribution < 1.29 is 4.39 Å². The lowest BCUT2D eigenvalue weighted by Gasteiger charge is -2.11. The zero-order valence-electron chi connectivity index (χ0n) is 11.9. The molecule has 0 radical (unpaired) electrons. The van der Waals surface area contributed by atoms with Crippen molar-refractivity contribution in [1.29, 1.82) is 5.26 Å². The van der Waals surface area contributed by atoms with E-state index in [2.05, 4.69) is 20.6 Å². The van der Waals surface area contributed by atoms with Crippen molar-refractivity contribution in [1.82, 2.24) is 9.97 Å². The molecule has 0 bridgehead atoms. The SMILES string of the molecule is CCNc1cc(Nc2cccc(F)c2C#N)nc(CC)n1. The Morgan fingerprint density at radius 3 is 2.67 bits per heavy atom. The highest BCUT2D eigenvalue weighted by molar-refractivity contribution is 5.66. The van der Waals surface area contributed by atoms with E-state index in [-0.39, 0.29) is 5.56 Å². The average molecular weight is 285 g/mol. The summed E-state index contributed by atoms with van der Waals surface area (Å²) in [4.78, 5) is 8.68. The molecule has 0 unspecified atom stereocenters. The molecule has 0 amide bonds. The van der Waals surface area contributed by atoms with E-state index in [9.17, 15) is 4.39 Å². The minimum absolute atomic E-state index is 0.0286. The van der Waals surface area contributed by atoms with Gasteiger partial charge < -0.3 is 10.6 Å². The molecular formula is C15H16FN5. The zero-order chi connectivity index (χ0) is 15.2. The van der Waals surface area contributed by atoms with Crippen LogP contribution in [-0.4, -0.2) is 16.5 Å². The Morgan fingerprint density at radius 1 is 1.24 bits per heavy atom. The third-order valence-corrected chi connectivity index (χ3v) is 2.83. The summed E-state index contributed by atoms with van der Waals surface area (Å²) in [6.07, 6.45) is 0.683. The second-order valence-electron chi connectivity index (χ2n) is 4.34. The van der Waals surface area contributed by atoms with Gasteiger partial charge in [0.2, 0.25) is 0 Å². The Labute approximate surface area is 122 Å². The van der Waals surface area contributed by atoms with E-state index in [0.717, 1.165) is 6.54 Å². The Balaban J connectivity index is 2.37. The maximum atomic E-state index is 13.6. The number of hydrogen-bond donors (Lipinski definition) is 2. The van der Waals surface area contributed by atoms with Crippen molar-refractivity contribution in [2.24, 2.45) is 0 Å². The van der Waals surface area contributed by atoms with Crippen molar-refractivity contribution in [3.8, 4) is 6.07 Å². The van der Waals surface area contributed by atoms with Crippen molar-refractivity contribution >= 4 is 17.3 Å². The number of nitrogens with one attached hydrogen (secondary N) is 2. The molecule has 0 spiro atoms. The molecule has 0 aliphatic heterocycles. The van der Waals surface area contributed by atoms with Crippen molar-refractivity contribution in [2.75, 3.05) is 17.2 Å². The lowest BCUT2D eigenvalue weighted by atomic mass is 10.2. The number of benzene rings is 1. The molecule has 108 valence electrons. The monoisotopic (exact) mass is 285 g/mol. The van der Waals surface area contributed by atoms with Gasteiger partial charge in [0.1, 0.15) is 34.9 Å². The topological polar surface area (TPSA) is 73.6 Å². The first-order valence-electron chi connectivity index (χ1n) is 6.75. The molecule has 1 aromatic carbocycles. The van der Waals surface area contributed by atoms with Crippen molar-refractivity contribution in [2.45, 2.75) is 20.3 Å². The van der Waals surface area contributed by atoms with Crippen LogP contribution < -0.4 is 10.6 Å². The third-order valence-electron chi connectivity index (χ3n) is 2.83. The van der Waals surface area contributed by atoms with E-state index in [0.29, 0.717) is 29.6 Å². The van der Waals surface area contributed by atoms with Crippen LogP contribution in [0.1, 0.15) is 25.2 Å². The first kappa shape index (κ1) is 14.7. The van der Waals surface area contributed by atoms with Gasteiger partial charge in [-0.05, 0) is 19.1 Å². The second kappa shape index (κ2) is 6.66. The summed E-state index contributed by atoms with van der Waals surface area (Å²) in [7, 11) is 0. The van der Waals surface area contributed by atoms with Gasteiger partial charge in [-0.25, -0.2) is 14.4 Å². The molecule has 0 atom stereocenters. The number of aryl methyl sites for hydroxylation is 1. The summed E-state index contributed by atoms with van der Waals surface area (Å²) >= 11 is 0. The molecular weight excluding hydrogens is 269 g/mol. The van der Waals surface area contributed by atoms with Crippen molar-refractivity contribution in [3.63, 3.8) is 0 Å². The van der Waals surface area contributed by atoms with Gasteiger partial charge in [-0.2, -0.15) is 5.26 Å². The van der Waals surface area contributed by atoms with Crippen LogP contribution in [0.5, 0.6) is 0 Å². The number of rotatable bonds is 5. The lowest BCUT2D eigenvalue weighted by molar-refractivity contribution is 0.624. The van der Waals surface area contributed by atoms with E-state index in [1.165, 1.54) is 6.07 Å². The van der Waals surface area contributed by atoms with Crippen LogP contribution in [-0.2, 0) is 6.42 Å². The number of aromatic nitrogens is 2. The Bertz CT molecular complexity index is 678. The number of nitrogens with zero attached hydrogens (tertiary/aromatic N) is 3. The molecule has 0 fully saturated rings. The van der Waals surface area contributed by atoms with Crippen LogP contribution >= 0.6 is 0 Å². The molecule has 0 aliphatic rings. The van der Waals surface area contributed by atoms with Gasteiger partial charge >= 0.3 is 0 Å². The quantitative estimate of drug-likeness (QED) is 0.882. The normalized spacial score (nSPS) is 10.0. The van der Waals surface area contributed by atoms with Crippen LogP contribution in [0.4, 0.5) is 21.7 Å². The number of halogens is 1. The zero-order valence-corrected chi connectivity index (χ0v) is 11.9. The van der Waals surface area contributed by atoms with Crippen LogP contribution in [0, 0.1) is 17.1 Å². The summed E-state index contributed by atoms with van der Waals surface area (Å²) in [5, 5.41) is 15.1. The van der Waals surface area contributed by atoms with Crippen LogP contribution in [0.15, 0.2) is 24.3 Å². The largest absolute Gasteiger partial charge is 0.370 e. The van der Waals surface area contributed by atoms with Gasteiger partial charge in [-0.15, -0.1) is 0 Å². The Hall–Kier alpha value is -2.68. The lowest BCUT2D eigenvalue weighted by Crippen LogP contribution is -2.06. The maximum absolute atomic E-state index is 13.6. The summed E-state index contributed by atoms with van der Waals surface area (Å²) < 4.78 is 13.6. The number of anilines is 3. The van der Waals surface area contributed by atoms with Gasteiger partial charge in [-0.3, -0.25) is 0 Å². The summed E-state index contributed by atoms with van der Waals surface area (Å²) in [6, 6.07) is 8.03. The fourth-order valence-corrected chi connectivity index (χ4v) is 1.87. The van der Waals surface area contributed by atoms with E-state index in [1.807, 2.05) is 19.9 Å². The Kier molecular flexibility index (Phi) is 4.67. The number of nitriles is 1. The molecule has 21 heavy (non-hydrogen) atoms. The van der Waals surface area contributed by atoms with Gasteiger partial charge in [-0.1, -0.05) is 13.0 Å². The highest BCUT2D eigenvalue weighted by Crippen LogP contribution is 2.22. The predicted molar refractivity (Wildman–Crippen MR) is 80.0 cm³/mol. The maximum Gasteiger partial charge on any atom is 0.143 e. The highest BCUT2D eigenvalue weighted by atomic mass is 19.1. The predicted octanol–water partition coefficient (Wildman–Crippen LogP) is 3.23. The average Bonchev–Trinajstić information content (AvgIpc) is 2.47. The van der Waals surface area contributed by atoms with Crippen LogP contribution in [0.25, 0.3) is 0 Å². The highest BCUT2D eigenvalue weighted by Gasteiger charge is 2.10.